The lowest BCUT2D eigenvalue weighted by Gasteiger charge is -2.23. The third-order valence-electron chi connectivity index (χ3n) is 4.67. The Kier molecular flexibility index (Phi) is 6.34. The quantitative estimate of drug-likeness (QED) is 0.402. The lowest BCUT2D eigenvalue weighted by Crippen LogP contribution is -2.28. The summed E-state index contributed by atoms with van der Waals surface area (Å²) in [5.74, 6) is -0.353. The van der Waals surface area contributed by atoms with Crippen LogP contribution in [0.15, 0.2) is 67.2 Å². The van der Waals surface area contributed by atoms with Gasteiger partial charge in [-0.3, -0.25) is 4.79 Å². The Morgan fingerprint density at radius 2 is 2.00 bits per heavy atom. The number of carbonyl (C=O) groups excluding carboxylic acids is 1. The number of amides is 1. The molecule has 0 spiro atoms. The van der Waals surface area contributed by atoms with E-state index in [9.17, 15) is 14.3 Å². The number of allylic oxidation sites excluding steroid dienone is 2. The van der Waals surface area contributed by atoms with Crippen molar-refractivity contribution in [3.8, 4) is 0 Å². The Hall–Kier alpha value is -3.12. The summed E-state index contributed by atoms with van der Waals surface area (Å²) in [7, 11) is 0. The van der Waals surface area contributed by atoms with Crippen LogP contribution in [0.3, 0.4) is 0 Å². The average molecular weight is 414 g/mol. The Morgan fingerprint density at radius 3 is 2.66 bits per heavy atom. The predicted molar refractivity (Wildman–Crippen MR) is 114 cm³/mol. The van der Waals surface area contributed by atoms with Gasteiger partial charge in [-0.1, -0.05) is 31.2 Å². The van der Waals surface area contributed by atoms with Crippen molar-refractivity contribution in [2.45, 2.75) is 19.3 Å². The third kappa shape index (κ3) is 5.23. The van der Waals surface area contributed by atoms with Gasteiger partial charge in [0.25, 0.3) is 0 Å². The van der Waals surface area contributed by atoms with E-state index in [4.69, 9.17) is 11.6 Å². The van der Waals surface area contributed by atoms with Crippen LogP contribution >= 0.6 is 11.6 Å². The lowest BCUT2D eigenvalue weighted by atomic mass is 9.85. The summed E-state index contributed by atoms with van der Waals surface area (Å²) in [5, 5.41) is 16.1. The second-order valence-electron chi connectivity index (χ2n) is 6.83. The Morgan fingerprint density at radius 1 is 1.24 bits per heavy atom. The maximum atomic E-state index is 14.1. The zero-order chi connectivity index (χ0) is 21.0. The van der Waals surface area contributed by atoms with E-state index in [-0.39, 0.29) is 28.8 Å². The Bertz CT molecular complexity index is 999. The van der Waals surface area contributed by atoms with Gasteiger partial charge in [-0.15, -0.1) is 0 Å². The van der Waals surface area contributed by atoms with Crippen molar-refractivity contribution in [3.05, 3.63) is 83.6 Å². The van der Waals surface area contributed by atoms with Gasteiger partial charge in [0.15, 0.2) is 0 Å². The first-order valence-corrected chi connectivity index (χ1v) is 9.49. The van der Waals surface area contributed by atoms with Crippen LogP contribution in [-0.4, -0.2) is 16.0 Å². The van der Waals surface area contributed by atoms with Gasteiger partial charge in [0.05, 0.1) is 5.70 Å². The van der Waals surface area contributed by atoms with Crippen molar-refractivity contribution in [2.75, 3.05) is 10.6 Å². The molecule has 0 aliphatic heterocycles. The van der Waals surface area contributed by atoms with E-state index in [1.54, 1.807) is 12.1 Å². The summed E-state index contributed by atoms with van der Waals surface area (Å²) in [6.07, 6.45) is 5.84. The standard InChI is InChI=1S/C22H21ClFN3O2/c1-13(18-11-16(23)6-7-19(18)24)10-20(14(2)28)26-17-8-9-25-21(12-17)27-22(29)15-4-3-5-15/h6-12,15,28H,1-5H2,(H2,25,26,27,29)/b20-10+. The largest absolute Gasteiger partial charge is 0.506 e. The molecule has 1 aromatic heterocycles. The van der Waals surface area contributed by atoms with Gasteiger partial charge in [-0.05, 0) is 48.8 Å². The highest BCUT2D eigenvalue weighted by Crippen LogP contribution is 2.28. The fourth-order valence-electron chi connectivity index (χ4n) is 2.82. The number of nitrogens with zero attached hydrogens (tertiary/aromatic N) is 1. The van der Waals surface area contributed by atoms with Crippen molar-refractivity contribution in [3.63, 3.8) is 0 Å². The van der Waals surface area contributed by atoms with Crippen molar-refractivity contribution < 1.29 is 14.3 Å². The molecule has 5 nitrogen and oxygen atoms in total. The highest BCUT2D eigenvalue weighted by molar-refractivity contribution is 6.30. The van der Waals surface area contributed by atoms with E-state index >= 15 is 0 Å². The molecule has 3 rings (SSSR count). The summed E-state index contributed by atoms with van der Waals surface area (Å²) >= 11 is 5.93. The van der Waals surface area contributed by atoms with Gasteiger partial charge in [0, 0.05) is 34.5 Å². The van der Waals surface area contributed by atoms with Gasteiger partial charge < -0.3 is 15.7 Å². The normalized spacial score (nSPS) is 14.1. The van der Waals surface area contributed by atoms with Crippen molar-refractivity contribution >= 4 is 34.6 Å². The number of hydrogen-bond acceptors (Lipinski definition) is 4. The average Bonchev–Trinajstić information content (AvgIpc) is 2.61. The van der Waals surface area contributed by atoms with Crippen LogP contribution in [0.5, 0.6) is 0 Å². The number of hydrogen-bond donors (Lipinski definition) is 3. The molecule has 1 aliphatic rings. The monoisotopic (exact) mass is 413 g/mol. The second kappa shape index (κ2) is 8.92. The van der Waals surface area contributed by atoms with Crippen LogP contribution in [0, 0.1) is 11.7 Å². The molecule has 0 radical (unpaired) electrons. The minimum Gasteiger partial charge on any atom is -0.506 e. The number of nitrogens with one attached hydrogen (secondary N) is 2. The zero-order valence-corrected chi connectivity index (χ0v) is 16.5. The van der Waals surface area contributed by atoms with E-state index in [2.05, 4.69) is 28.8 Å². The molecular formula is C22H21ClFN3O2. The SMILES string of the molecule is C=C(O)/C(=C\C(=C)c1cc(Cl)ccc1F)Nc1ccnc(NC(=O)C2CCC2)c1. The number of aliphatic hydroxyl groups is 1. The number of aromatic nitrogens is 1. The van der Waals surface area contributed by atoms with E-state index < -0.39 is 5.82 Å². The molecule has 7 heteroatoms. The molecule has 150 valence electrons. The highest BCUT2D eigenvalue weighted by atomic mass is 35.5. The van der Waals surface area contributed by atoms with Crippen LogP contribution in [0.25, 0.3) is 5.57 Å². The Balaban J connectivity index is 1.78. The summed E-state index contributed by atoms with van der Waals surface area (Å²) < 4.78 is 14.1. The summed E-state index contributed by atoms with van der Waals surface area (Å²) in [6.45, 7) is 7.38. The molecule has 1 fully saturated rings. The molecular weight excluding hydrogens is 393 g/mol. The van der Waals surface area contributed by atoms with Crippen LogP contribution in [0.2, 0.25) is 5.02 Å². The summed E-state index contributed by atoms with van der Waals surface area (Å²) in [6, 6.07) is 7.44. The molecule has 1 aliphatic carbocycles. The predicted octanol–water partition coefficient (Wildman–Crippen LogP) is 5.69. The molecule has 29 heavy (non-hydrogen) atoms. The number of aliphatic hydroxyl groups excluding tert-OH is 1. The molecule has 1 heterocycles. The maximum absolute atomic E-state index is 14.1. The first kappa shape index (κ1) is 20.6. The summed E-state index contributed by atoms with van der Waals surface area (Å²) in [4.78, 5) is 16.2. The van der Waals surface area contributed by atoms with Crippen LogP contribution in [-0.2, 0) is 4.79 Å². The van der Waals surface area contributed by atoms with E-state index in [0.29, 0.717) is 22.1 Å². The first-order chi connectivity index (χ1) is 13.8. The molecule has 0 atom stereocenters. The van der Waals surface area contributed by atoms with Gasteiger partial charge in [-0.25, -0.2) is 9.37 Å². The van der Waals surface area contributed by atoms with E-state index in [1.807, 2.05) is 0 Å². The number of carbonyl (C=O) groups is 1. The number of benzene rings is 1. The van der Waals surface area contributed by atoms with Crippen molar-refractivity contribution in [2.24, 2.45) is 5.92 Å². The minimum absolute atomic E-state index is 0.0389. The van der Waals surface area contributed by atoms with Crippen LogP contribution in [0.4, 0.5) is 15.9 Å². The molecule has 0 unspecified atom stereocenters. The zero-order valence-electron chi connectivity index (χ0n) is 15.7. The number of pyridine rings is 1. The molecule has 2 aromatic rings. The fourth-order valence-corrected chi connectivity index (χ4v) is 2.99. The maximum Gasteiger partial charge on any atom is 0.228 e. The topological polar surface area (TPSA) is 74.2 Å². The van der Waals surface area contributed by atoms with E-state index in [1.165, 1.54) is 30.5 Å². The molecule has 3 N–H and O–H groups in total. The van der Waals surface area contributed by atoms with Gasteiger partial charge in [0.1, 0.15) is 17.4 Å². The number of anilines is 2. The highest BCUT2D eigenvalue weighted by Gasteiger charge is 2.25. The molecule has 0 bridgehead atoms. The summed E-state index contributed by atoms with van der Waals surface area (Å²) in [5.41, 5.74) is 1.29. The number of rotatable bonds is 7. The van der Waals surface area contributed by atoms with Crippen LogP contribution in [0.1, 0.15) is 24.8 Å². The van der Waals surface area contributed by atoms with Crippen molar-refractivity contribution in [1.82, 2.24) is 4.98 Å². The van der Waals surface area contributed by atoms with Gasteiger partial charge in [0.2, 0.25) is 5.91 Å². The van der Waals surface area contributed by atoms with E-state index in [0.717, 1.165) is 19.3 Å². The van der Waals surface area contributed by atoms with Crippen LogP contribution < -0.4 is 10.6 Å². The molecule has 1 saturated carbocycles. The Labute approximate surface area is 173 Å². The lowest BCUT2D eigenvalue weighted by molar-refractivity contribution is -0.122. The van der Waals surface area contributed by atoms with Crippen molar-refractivity contribution in [1.29, 1.82) is 0 Å². The third-order valence-corrected chi connectivity index (χ3v) is 4.91. The number of halogens is 2. The van der Waals surface area contributed by atoms with Gasteiger partial charge in [-0.2, -0.15) is 0 Å². The second-order valence-corrected chi connectivity index (χ2v) is 7.26. The van der Waals surface area contributed by atoms with Gasteiger partial charge >= 0.3 is 0 Å². The smallest absolute Gasteiger partial charge is 0.228 e. The minimum atomic E-state index is -0.483. The molecule has 0 saturated heterocycles. The fraction of sp³-hybridized carbons (Fsp3) is 0.182. The molecule has 1 aromatic carbocycles. The first-order valence-electron chi connectivity index (χ1n) is 9.11. The molecule has 1 amide bonds.